The van der Waals surface area contributed by atoms with E-state index in [1.54, 1.807) is 0 Å². The molecular weight excluding hydrogens is 289 g/mol. The van der Waals surface area contributed by atoms with E-state index in [9.17, 15) is 0 Å². The number of rotatable bonds is 1. The van der Waals surface area contributed by atoms with Crippen molar-refractivity contribution in [1.82, 2.24) is 14.7 Å². The van der Waals surface area contributed by atoms with E-state index < -0.39 is 0 Å². The van der Waals surface area contributed by atoms with Crippen LogP contribution < -0.4 is 0 Å². The molecule has 0 amide bonds. The normalized spacial score (nSPS) is 18.3. The zero-order chi connectivity index (χ0) is 10.3. The average Bonchev–Trinajstić information content (AvgIpc) is 2.45. The van der Waals surface area contributed by atoms with Crippen molar-refractivity contribution in [3.63, 3.8) is 0 Å². The first kappa shape index (κ1) is 10.4. The summed E-state index contributed by atoms with van der Waals surface area (Å²) in [4.78, 5) is 2.33. The third-order valence-electron chi connectivity index (χ3n) is 2.60. The minimum Gasteiger partial charge on any atom is -0.299 e. The largest absolute Gasteiger partial charge is 0.299 e. The Balaban J connectivity index is 2.32. The molecule has 0 N–H and O–H groups in total. The lowest BCUT2D eigenvalue weighted by Gasteiger charge is -2.22. The summed E-state index contributed by atoms with van der Waals surface area (Å²) < 4.78 is 2.29. The molecule has 2 heterocycles. The zero-order valence-corrected chi connectivity index (χ0v) is 11.1. The molecule has 0 aromatic carbocycles. The van der Waals surface area contributed by atoms with E-state index in [1.165, 1.54) is 11.4 Å². The van der Waals surface area contributed by atoms with E-state index in [2.05, 4.69) is 64.2 Å². The highest BCUT2D eigenvalue weighted by molar-refractivity contribution is 14.1. The molecule has 0 saturated carbocycles. The molecule has 3 nitrogen and oxygen atoms in total. The van der Waals surface area contributed by atoms with Crippen molar-refractivity contribution in [3.8, 4) is 0 Å². The molecule has 0 atom stereocenters. The Bertz CT molecular complexity index is 338. The van der Waals surface area contributed by atoms with Crippen molar-refractivity contribution in [2.45, 2.75) is 30.4 Å². The predicted molar refractivity (Wildman–Crippen MR) is 65.6 cm³/mol. The van der Waals surface area contributed by atoms with Gasteiger partial charge in [0, 0.05) is 13.1 Å². The van der Waals surface area contributed by atoms with Gasteiger partial charge in [0.05, 0.1) is 21.4 Å². The summed E-state index contributed by atoms with van der Waals surface area (Å²) in [6.07, 6.45) is 0. The molecule has 0 aliphatic carbocycles. The Morgan fingerprint density at radius 3 is 2.79 bits per heavy atom. The van der Waals surface area contributed by atoms with Crippen LogP contribution in [0.5, 0.6) is 0 Å². The van der Waals surface area contributed by atoms with Gasteiger partial charge in [-0.15, -0.1) is 0 Å². The summed E-state index contributed by atoms with van der Waals surface area (Å²) in [5, 5.41) is 4.64. The second kappa shape index (κ2) is 3.48. The Morgan fingerprint density at radius 1 is 1.43 bits per heavy atom. The zero-order valence-electron chi connectivity index (χ0n) is 8.92. The van der Waals surface area contributed by atoms with Crippen LogP contribution in [0.3, 0.4) is 0 Å². The van der Waals surface area contributed by atoms with Crippen LogP contribution in [-0.4, -0.2) is 28.3 Å². The lowest BCUT2D eigenvalue weighted by molar-refractivity contribution is 0.258. The fourth-order valence-electron chi connectivity index (χ4n) is 1.69. The van der Waals surface area contributed by atoms with E-state index in [-0.39, 0.29) is 3.42 Å². The van der Waals surface area contributed by atoms with Crippen LogP contribution in [0.25, 0.3) is 0 Å². The van der Waals surface area contributed by atoms with Crippen molar-refractivity contribution in [1.29, 1.82) is 0 Å². The number of hydrogen-bond acceptors (Lipinski definition) is 2. The molecule has 0 bridgehead atoms. The number of alkyl halides is 1. The number of hydrogen-bond donors (Lipinski definition) is 0. The summed E-state index contributed by atoms with van der Waals surface area (Å²) in [6, 6.07) is 2.24. The monoisotopic (exact) mass is 305 g/mol. The molecule has 1 aromatic rings. The molecule has 14 heavy (non-hydrogen) atoms. The van der Waals surface area contributed by atoms with Crippen LogP contribution >= 0.6 is 22.6 Å². The molecule has 78 valence electrons. The van der Waals surface area contributed by atoms with Gasteiger partial charge in [-0.3, -0.25) is 9.58 Å². The van der Waals surface area contributed by atoms with Gasteiger partial charge in [0.1, 0.15) is 0 Å². The van der Waals surface area contributed by atoms with E-state index >= 15 is 0 Å². The van der Waals surface area contributed by atoms with Gasteiger partial charge in [0.25, 0.3) is 0 Å². The molecule has 2 rings (SSSR count). The summed E-state index contributed by atoms with van der Waals surface area (Å²) in [5.41, 5.74) is 2.54. The Hall–Kier alpha value is -0.100. The van der Waals surface area contributed by atoms with Crippen molar-refractivity contribution >= 4 is 22.6 Å². The number of halogens is 1. The van der Waals surface area contributed by atoms with Gasteiger partial charge in [0.2, 0.25) is 0 Å². The Morgan fingerprint density at radius 2 is 2.14 bits per heavy atom. The maximum atomic E-state index is 4.64. The van der Waals surface area contributed by atoms with Crippen molar-refractivity contribution in [2.24, 2.45) is 0 Å². The topological polar surface area (TPSA) is 21.1 Å². The van der Waals surface area contributed by atoms with Crippen molar-refractivity contribution in [2.75, 3.05) is 13.6 Å². The van der Waals surface area contributed by atoms with Crippen LogP contribution in [0.2, 0.25) is 0 Å². The van der Waals surface area contributed by atoms with Crippen molar-refractivity contribution < 1.29 is 0 Å². The average molecular weight is 305 g/mol. The fourth-order valence-corrected chi connectivity index (χ4v) is 1.95. The third-order valence-corrected chi connectivity index (χ3v) is 3.15. The summed E-state index contributed by atoms with van der Waals surface area (Å²) in [5.74, 6) is 0. The lowest BCUT2D eigenvalue weighted by Crippen LogP contribution is -2.30. The molecule has 0 fully saturated rings. The van der Waals surface area contributed by atoms with E-state index in [0.29, 0.717) is 0 Å². The smallest absolute Gasteiger partial charge is 0.0781 e. The van der Waals surface area contributed by atoms with Crippen LogP contribution in [-0.2, 0) is 16.5 Å². The highest BCUT2D eigenvalue weighted by atomic mass is 127. The standard InChI is InChI=1S/C10H16IN3/c1-10(2,11)9-6-8-7-13(3)4-5-14(8)12-9/h6H,4-5,7H2,1-3H3. The molecule has 1 aromatic heterocycles. The Kier molecular flexibility index (Phi) is 2.59. The van der Waals surface area contributed by atoms with Crippen LogP contribution in [0, 0.1) is 0 Å². The van der Waals surface area contributed by atoms with Crippen LogP contribution in [0.15, 0.2) is 6.07 Å². The quantitative estimate of drug-likeness (QED) is 0.584. The maximum absolute atomic E-state index is 4.64. The van der Waals surface area contributed by atoms with Gasteiger partial charge in [0.15, 0.2) is 0 Å². The molecule has 4 heteroatoms. The van der Waals surface area contributed by atoms with Gasteiger partial charge < -0.3 is 0 Å². The molecule has 0 saturated heterocycles. The minimum absolute atomic E-state index is 0.140. The van der Waals surface area contributed by atoms with E-state index in [0.717, 1.165) is 19.6 Å². The Labute approximate surface area is 98.6 Å². The first-order valence-electron chi connectivity index (χ1n) is 4.91. The molecular formula is C10H16IN3. The number of likely N-dealkylation sites (N-methyl/N-ethyl adjacent to an activating group) is 1. The summed E-state index contributed by atoms with van der Waals surface area (Å²) in [6.45, 7) is 7.56. The SMILES string of the molecule is CN1CCn2nc(C(C)(C)I)cc2C1. The third kappa shape index (κ3) is 1.95. The number of nitrogens with zero attached hydrogens (tertiary/aromatic N) is 3. The minimum atomic E-state index is 0.140. The summed E-state index contributed by atoms with van der Waals surface area (Å²) in [7, 11) is 2.16. The molecule has 1 aliphatic heterocycles. The van der Waals surface area contributed by atoms with Gasteiger partial charge in [-0.25, -0.2) is 0 Å². The highest BCUT2D eigenvalue weighted by Gasteiger charge is 2.23. The number of fused-ring (bicyclic) bond motifs is 1. The first-order chi connectivity index (χ1) is 6.47. The lowest BCUT2D eigenvalue weighted by atomic mass is 10.1. The second-order valence-corrected chi connectivity index (χ2v) is 7.15. The van der Waals surface area contributed by atoms with E-state index in [1.807, 2.05) is 0 Å². The molecule has 0 radical (unpaired) electrons. The summed E-state index contributed by atoms with van der Waals surface area (Å²) >= 11 is 2.44. The molecule has 0 unspecified atom stereocenters. The van der Waals surface area contributed by atoms with Crippen LogP contribution in [0.4, 0.5) is 0 Å². The van der Waals surface area contributed by atoms with Gasteiger partial charge >= 0.3 is 0 Å². The van der Waals surface area contributed by atoms with Crippen molar-refractivity contribution in [3.05, 3.63) is 17.5 Å². The molecule has 1 aliphatic rings. The first-order valence-corrected chi connectivity index (χ1v) is 5.99. The van der Waals surface area contributed by atoms with Gasteiger partial charge in [-0.2, -0.15) is 5.10 Å². The van der Waals surface area contributed by atoms with E-state index in [4.69, 9.17) is 0 Å². The van der Waals surface area contributed by atoms with Gasteiger partial charge in [-0.05, 0) is 27.0 Å². The molecule has 0 spiro atoms. The highest BCUT2D eigenvalue weighted by Crippen LogP contribution is 2.30. The fraction of sp³-hybridized carbons (Fsp3) is 0.700. The van der Waals surface area contributed by atoms with Crippen LogP contribution in [0.1, 0.15) is 25.2 Å². The number of aromatic nitrogens is 2. The maximum Gasteiger partial charge on any atom is 0.0781 e. The van der Waals surface area contributed by atoms with Gasteiger partial charge in [-0.1, -0.05) is 22.6 Å². The predicted octanol–water partition coefficient (Wildman–Crippen LogP) is 2.00. The second-order valence-electron chi connectivity index (χ2n) is 4.45.